The van der Waals surface area contributed by atoms with Crippen LogP contribution in [0.25, 0.3) is 28.3 Å². The van der Waals surface area contributed by atoms with Crippen molar-refractivity contribution < 1.29 is 4.79 Å². The van der Waals surface area contributed by atoms with Gasteiger partial charge in [-0.25, -0.2) is 9.67 Å². The van der Waals surface area contributed by atoms with Crippen molar-refractivity contribution in [1.82, 2.24) is 24.7 Å². The smallest absolute Gasteiger partial charge is 0.259 e. The summed E-state index contributed by atoms with van der Waals surface area (Å²) in [5, 5.41) is 7.60. The first-order valence-corrected chi connectivity index (χ1v) is 10.6. The summed E-state index contributed by atoms with van der Waals surface area (Å²) < 4.78 is 1.68. The first-order chi connectivity index (χ1) is 16.6. The number of aromatic amines is 1. The van der Waals surface area contributed by atoms with Gasteiger partial charge in [0.25, 0.3) is 11.5 Å². The molecule has 0 aliphatic heterocycles. The van der Waals surface area contributed by atoms with Gasteiger partial charge in [-0.15, -0.1) is 0 Å². The number of amides is 1. The Balaban J connectivity index is 1.50. The number of rotatable bonds is 5. The first-order valence-electron chi connectivity index (χ1n) is 10.6. The average Bonchev–Trinajstić information content (AvgIpc) is 3.31. The summed E-state index contributed by atoms with van der Waals surface area (Å²) in [6.07, 6.45) is 5.05. The number of aryl methyl sites for hydroxylation is 1. The van der Waals surface area contributed by atoms with E-state index in [1.807, 2.05) is 42.5 Å². The van der Waals surface area contributed by atoms with E-state index in [2.05, 4.69) is 25.4 Å². The van der Waals surface area contributed by atoms with Crippen LogP contribution in [0.15, 0.2) is 96.2 Å². The Morgan fingerprint density at radius 1 is 0.971 bits per heavy atom. The number of hydrogen-bond donors (Lipinski definition) is 2. The Hall–Kier alpha value is -4.85. The Bertz CT molecular complexity index is 1520. The van der Waals surface area contributed by atoms with Crippen molar-refractivity contribution in [1.29, 1.82) is 0 Å². The van der Waals surface area contributed by atoms with Crippen molar-refractivity contribution in [2.75, 3.05) is 5.32 Å². The van der Waals surface area contributed by atoms with Gasteiger partial charge in [-0.3, -0.25) is 14.6 Å². The number of carbonyl (C=O) groups is 1. The lowest BCUT2D eigenvalue weighted by molar-refractivity contribution is 0.102. The lowest BCUT2D eigenvalue weighted by atomic mass is 10.1. The zero-order valence-corrected chi connectivity index (χ0v) is 18.3. The molecular weight excluding hydrogens is 428 g/mol. The van der Waals surface area contributed by atoms with Crippen molar-refractivity contribution >= 4 is 11.6 Å². The number of hydrogen-bond acceptors (Lipinski definition) is 5. The predicted molar refractivity (Wildman–Crippen MR) is 130 cm³/mol. The van der Waals surface area contributed by atoms with E-state index in [4.69, 9.17) is 0 Å². The van der Waals surface area contributed by atoms with Crippen molar-refractivity contribution in [3.05, 3.63) is 113 Å². The van der Waals surface area contributed by atoms with E-state index in [1.54, 1.807) is 54.5 Å². The molecule has 8 nitrogen and oxygen atoms in total. The van der Waals surface area contributed by atoms with E-state index in [-0.39, 0.29) is 11.5 Å². The van der Waals surface area contributed by atoms with E-state index in [0.717, 1.165) is 11.3 Å². The summed E-state index contributed by atoms with van der Waals surface area (Å²) >= 11 is 0. The fraction of sp³-hybridized carbons (Fsp3) is 0.0385. The summed E-state index contributed by atoms with van der Waals surface area (Å²) in [5.74, 6) is 0.123. The molecule has 0 unspecified atom stereocenters. The second-order valence-electron chi connectivity index (χ2n) is 7.68. The highest BCUT2D eigenvalue weighted by Crippen LogP contribution is 2.25. The molecule has 0 spiro atoms. The zero-order valence-electron chi connectivity index (χ0n) is 18.3. The molecule has 2 N–H and O–H groups in total. The molecular formula is C26H20N6O2. The molecule has 8 heteroatoms. The lowest BCUT2D eigenvalue weighted by Crippen LogP contribution is -2.13. The van der Waals surface area contributed by atoms with E-state index in [9.17, 15) is 9.59 Å². The van der Waals surface area contributed by atoms with Crippen molar-refractivity contribution in [2.45, 2.75) is 6.92 Å². The molecule has 0 saturated carbocycles. The Morgan fingerprint density at radius 3 is 2.56 bits per heavy atom. The molecule has 0 aliphatic rings. The summed E-state index contributed by atoms with van der Waals surface area (Å²) in [4.78, 5) is 36.5. The molecule has 0 saturated heterocycles. The fourth-order valence-electron chi connectivity index (χ4n) is 3.63. The predicted octanol–water partition coefficient (Wildman–Crippen LogP) is 4.25. The summed E-state index contributed by atoms with van der Waals surface area (Å²) in [7, 11) is 0. The quantitative estimate of drug-likeness (QED) is 0.418. The number of pyridine rings is 1. The molecule has 3 aromatic heterocycles. The lowest BCUT2D eigenvalue weighted by Gasteiger charge is -2.08. The van der Waals surface area contributed by atoms with Gasteiger partial charge in [-0.2, -0.15) is 5.10 Å². The van der Waals surface area contributed by atoms with Crippen LogP contribution in [0.4, 0.5) is 5.69 Å². The molecule has 0 bridgehead atoms. The summed E-state index contributed by atoms with van der Waals surface area (Å²) in [5.41, 5.74) is 4.14. The summed E-state index contributed by atoms with van der Waals surface area (Å²) in [6, 6.07) is 21.8. The third-order valence-electron chi connectivity index (χ3n) is 5.18. The number of nitrogens with one attached hydrogen (secondary N) is 2. The zero-order chi connectivity index (χ0) is 23.5. The van der Waals surface area contributed by atoms with E-state index >= 15 is 0 Å². The number of benzene rings is 2. The molecule has 34 heavy (non-hydrogen) atoms. The minimum Gasteiger partial charge on any atom is -0.322 e. The second-order valence-corrected chi connectivity index (χ2v) is 7.68. The van der Waals surface area contributed by atoms with Gasteiger partial charge in [0, 0.05) is 47.2 Å². The van der Waals surface area contributed by atoms with Gasteiger partial charge in [-0.1, -0.05) is 30.3 Å². The molecule has 0 fully saturated rings. The topological polar surface area (TPSA) is 106 Å². The SMILES string of the molecule is Cc1cc(=O)[nH]c(-c2cccc(NC(=O)c3cn(-c4ccccc4)nc3-c3cccnc3)c2)n1. The Morgan fingerprint density at radius 2 is 1.79 bits per heavy atom. The Labute approximate surface area is 195 Å². The second kappa shape index (κ2) is 8.95. The van der Waals surface area contributed by atoms with Gasteiger partial charge in [0.15, 0.2) is 0 Å². The molecule has 0 atom stereocenters. The maximum atomic E-state index is 13.4. The van der Waals surface area contributed by atoms with Crippen molar-refractivity contribution in [3.8, 4) is 28.3 Å². The van der Waals surface area contributed by atoms with Crippen LogP contribution in [0.1, 0.15) is 16.1 Å². The molecule has 2 aromatic carbocycles. The van der Waals surface area contributed by atoms with Gasteiger partial charge < -0.3 is 10.3 Å². The molecule has 3 heterocycles. The highest BCUT2D eigenvalue weighted by molar-refractivity contribution is 6.08. The van der Waals surface area contributed by atoms with Crippen LogP contribution in [-0.2, 0) is 0 Å². The van der Waals surface area contributed by atoms with Crippen LogP contribution in [0.5, 0.6) is 0 Å². The minimum atomic E-state index is -0.316. The highest BCUT2D eigenvalue weighted by Gasteiger charge is 2.19. The fourth-order valence-corrected chi connectivity index (χ4v) is 3.63. The molecule has 0 aliphatic carbocycles. The number of aromatic nitrogens is 5. The largest absolute Gasteiger partial charge is 0.322 e. The Kier molecular flexibility index (Phi) is 5.53. The van der Waals surface area contributed by atoms with Gasteiger partial charge in [0.2, 0.25) is 0 Å². The minimum absolute atomic E-state index is 0.230. The highest BCUT2D eigenvalue weighted by atomic mass is 16.1. The number of carbonyl (C=O) groups excluding carboxylic acids is 1. The van der Waals surface area contributed by atoms with E-state index < -0.39 is 0 Å². The standard InChI is InChI=1S/C26H20N6O2/c1-17-13-23(33)30-25(28-17)18-7-5-9-20(14-18)29-26(34)22-16-32(21-10-3-2-4-11-21)31-24(22)19-8-6-12-27-15-19/h2-16H,1H3,(H,29,34)(H,28,30,33). The molecule has 166 valence electrons. The van der Waals surface area contributed by atoms with Crippen LogP contribution < -0.4 is 10.9 Å². The van der Waals surface area contributed by atoms with Gasteiger partial charge in [-0.05, 0) is 43.3 Å². The van der Waals surface area contributed by atoms with E-state index in [1.165, 1.54) is 6.07 Å². The van der Waals surface area contributed by atoms with Crippen LogP contribution in [0, 0.1) is 6.92 Å². The maximum Gasteiger partial charge on any atom is 0.259 e. The third kappa shape index (κ3) is 4.37. The van der Waals surface area contributed by atoms with Gasteiger partial charge in [0.1, 0.15) is 11.5 Å². The molecule has 1 amide bonds. The van der Waals surface area contributed by atoms with Crippen LogP contribution in [0.3, 0.4) is 0 Å². The molecule has 0 radical (unpaired) electrons. The van der Waals surface area contributed by atoms with Crippen LogP contribution in [0.2, 0.25) is 0 Å². The monoisotopic (exact) mass is 448 g/mol. The normalized spacial score (nSPS) is 10.7. The van der Waals surface area contributed by atoms with Crippen molar-refractivity contribution in [2.24, 2.45) is 0 Å². The number of anilines is 1. The average molecular weight is 448 g/mol. The van der Waals surface area contributed by atoms with Gasteiger partial charge in [0.05, 0.1) is 11.3 Å². The first kappa shape index (κ1) is 21.0. The van der Waals surface area contributed by atoms with Crippen LogP contribution >= 0.6 is 0 Å². The summed E-state index contributed by atoms with van der Waals surface area (Å²) in [6.45, 7) is 1.76. The number of nitrogens with zero attached hydrogens (tertiary/aromatic N) is 4. The van der Waals surface area contributed by atoms with Crippen LogP contribution in [-0.4, -0.2) is 30.6 Å². The third-order valence-corrected chi connectivity index (χ3v) is 5.18. The van der Waals surface area contributed by atoms with Crippen molar-refractivity contribution in [3.63, 3.8) is 0 Å². The van der Waals surface area contributed by atoms with Gasteiger partial charge >= 0.3 is 0 Å². The molecule has 5 rings (SSSR count). The molecule has 5 aromatic rings. The maximum absolute atomic E-state index is 13.4. The van der Waals surface area contributed by atoms with E-state index in [0.29, 0.717) is 34.0 Å². The number of H-pyrrole nitrogens is 1. The number of para-hydroxylation sites is 1.